The fourth-order valence-corrected chi connectivity index (χ4v) is 0.694. The molecular formula is C8H14O5. The fourth-order valence-electron chi connectivity index (χ4n) is 0.694. The van der Waals surface area contributed by atoms with Crippen molar-refractivity contribution in [1.29, 1.82) is 0 Å². The topological polar surface area (TPSA) is 83.8 Å². The first kappa shape index (κ1) is 11.9. The van der Waals surface area contributed by atoms with Gasteiger partial charge < -0.3 is 14.9 Å². The number of hydrogen-bond donors (Lipinski definition) is 2. The Bertz CT molecular complexity index is 189. The van der Waals surface area contributed by atoms with Crippen LogP contribution in [0.4, 0.5) is 0 Å². The molecule has 2 atom stereocenters. The van der Waals surface area contributed by atoms with Crippen molar-refractivity contribution in [2.45, 2.75) is 38.9 Å². The van der Waals surface area contributed by atoms with E-state index >= 15 is 0 Å². The van der Waals surface area contributed by atoms with Crippen LogP contribution in [-0.2, 0) is 14.3 Å². The minimum Gasteiger partial charge on any atom is -0.479 e. The van der Waals surface area contributed by atoms with Gasteiger partial charge in [0.25, 0.3) is 0 Å². The quantitative estimate of drug-likeness (QED) is 0.603. The molecule has 0 aliphatic carbocycles. The average molecular weight is 190 g/mol. The lowest BCUT2D eigenvalue weighted by atomic mass is 10.2. The lowest BCUT2D eigenvalue weighted by molar-refractivity contribution is -0.170. The van der Waals surface area contributed by atoms with Gasteiger partial charge in [0.15, 0.2) is 12.2 Å². The largest absolute Gasteiger partial charge is 0.479 e. The van der Waals surface area contributed by atoms with Gasteiger partial charge >= 0.3 is 11.9 Å². The number of carboxylic acids is 1. The number of rotatable bonds is 5. The zero-order chi connectivity index (χ0) is 10.4. The van der Waals surface area contributed by atoms with Gasteiger partial charge in [0.1, 0.15) is 0 Å². The number of aliphatic hydroxyl groups excluding tert-OH is 1. The normalized spacial score (nSPS) is 14.7. The minimum atomic E-state index is -1.23. The molecule has 5 heteroatoms. The SMILES string of the molecule is CCC(OC(=O)[C@@H](O)CC)C(=O)O. The molecule has 0 aliphatic heterocycles. The molecule has 0 radical (unpaired) electrons. The predicted octanol–water partition coefficient (Wildman–Crippen LogP) is 0.164. The van der Waals surface area contributed by atoms with E-state index in [4.69, 9.17) is 10.2 Å². The molecule has 0 rings (SSSR count). The summed E-state index contributed by atoms with van der Waals surface area (Å²) in [4.78, 5) is 21.3. The van der Waals surface area contributed by atoms with E-state index in [0.29, 0.717) is 0 Å². The fraction of sp³-hybridized carbons (Fsp3) is 0.750. The summed E-state index contributed by atoms with van der Waals surface area (Å²) in [5.41, 5.74) is 0. The second-order valence-corrected chi connectivity index (χ2v) is 2.60. The molecule has 0 amide bonds. The summed E-state index contributed by atoms with van der Waals surface area (Å²) in [5.74, 6) is -2.07. The maximum atomic E-state index is 10.9. The molecule has 0 saturated carbocycles. The van der Waals surface area contributed by atoms with Gasteiger partial charge in [-0.1, -0.05) is 13.8 Å². The number of aliphatic carboxylic acids is 1. The molecule has 0 aliphatic rings. The van der Waals surface area contributed by atoms with Crippen molar-refractivity contribution in [1.82, 2.24) is 0 Å². The molecule has 13 heavy (non-hydrogen) atoms. The van der Waals surface area contributed by atoms with Crippen molar-refractivity contribution in [3.05, 3.63) is 0 Å². The van der Waals surface area contributed by atoms with Crippen LogP contribution in [0.25, 0.3) is 0 Å². The van der Waals surface area contributed by atoms with Crippen LogP contribution < -0.4 is 0 Å². The number of carbonyl (C=O) groups is 2. The van der Waals surface area contributed by atoms with Gasteiger partial charge in [-0.2, -0.15) is 0 Å². The Hall–Kier alpha value is -1.10. The molecule has 0 fully saturated rings. The first-order chi connectivity index (χ1) is 6.02. The molecule has 0 aromatic carbocycles. The predicted molar refractivity (Wildman–Crippen MR) is 44.1 cm³/mol. The van der Waals surface area contributed by atoms with Crippen molar-refractivity contribution in [2.75, 3.05) is 0 Å². The Morgan fingerprint density at radius 3 is 2.15 bits per heavy atom. The van der Waals surface area contributed by atoms with Gasteiger partial charge in [0, 0.05) is 0 Å². The van der Waals surface area contributed by atoms with E-state index in [1.54, 1.807) is 13.8 Å². The first-order valence-corrected chi connectivity index (χ1v) is 4.14. The van der Waals surface area contributed by atoms with E-state index in [2.05, 4.69) is 4.74 Å². The van der Waals surface area contributed by atoms with Gasteiger partial charge in [-0.25, -0.2) is 9.59 Å². The van der Waals surface area contributed by atoms with Crippen LogP contribution in [0.1, 0.15) is 26.7 Å². The number of carboxylic acid groups (broad SMARTS) is 1. The maximum Gasteiger partial charge on any atom is 0.345 e. The Morgan fingerprint density at radius 1 is 1.31 bits per heavy atom. The summed E-state index contributed by atoms with van der Waals surface area (Å²) < 4.78 is 4.53. The third-order valence-electron chi connectivity index (χ3n) is 1.56. The van der Waals surface area contributed by atoms with Crippen LogP contribution in [0.3, 0.4) is 0 Å². The monoisotopic (exact) mass is 190 g/mol. The van der Waals surface area contributed by atoms with Crippen molar-refractivity contribution < 1.29 is 24.5 Å². The molecule has 0 aromatic rings. The van der Waals surface area contributed by atoms with Gasteiger partial charge in [0.2, 0.25) is 0 Å². The molecule has 1 unspecified atom stereocenters. The number of carbonyl (C=O) groups excluding carboxylic acids is 1. The van der Waals surface area contributed by atoms with Gasteiger partial charge in [-0.3, -0.25) is 0 Å². The second kappa shape index (κ2) is 5.53. The third-order valence-corrected chi connectivity index (χ3v) is 1.56. The van der Waals surface area contributed by atoms with Crippen LogP contribution in [0.15, 0.2) is 0 Å². The molecule has 5 nitrogen and oxygen atoms in total. The molecule has 0 aromatic heterocycles. The van der Waals surface area contributed by atoms with Crippen LogP contribution in [-0.4, -0.2) is 34.4 Å². The molecule has 76 valence electrons. The molecule has 0 bridgehead atoms. The zero-order valence-electron chi connectivity index (χ0n) is 7.69. The van der Waals surface area contributed by atoms with Crippen molar-refractivity contribution in [2.24, 2.45) is 0 Å². The highest BCUT2D eigenvalue weighted by Gasteiger charge is 2.23. The Labute approximate surface area is 76.3 Å². The van der Waals surface area contributed by atoms with Crippen molar-refractivity contribution in [3.8, 4) is 0 Å². The lowest BCUT2D eigenvalue weighted by Gasteiger charge is -2.13. The summed E-state index contributed by atoms with van der Waals surface area (Å²) in [6.45, 7) is 3.19. The van der Waals surface area contributed by atoms with Crippen LogP contribution in [0.5, 0.6) is 0 Å². The van der Waals surface area contributed by atoms with Gasteiger partial charge in [-0.05, 0) is 12.8 Å². The van der Waals surface area contributed by atoms with Crippen molar-refractivity contribution >= 4 is 11.9 Å². The zero-order valence-corrected chi connectivity index (χ0v) is 7.69. The molecule has 0 spiro atoms. The average Bonchev–Trinajstić information content (AvgIpc) is 2.11. The molecule has 0 heterocycles. The standard InChI is InChI=1S/C8H14O5/c1-3-5(9)8(12)13-6(4-2)7(10)11/h5-6,9H,3-4H2,1-2H3,(H,10,11)/t5-,6?/m0/s1. The summed E-state index contributed by atoms with van der Waals surface area (Å²) in [5, 5.41) is 17.5. The van der Waals surface area contributed by atoms with Crippen LogP contribution >= 0.6 is 0 Å². The summed E-state index contributed by atoms with van der Waals surface area (Å²) in [6.07, 6.45) is -1.98. The Morgan fingerprint density at radius 2 is 1.85 bits per heavy atom. The number of hydrogen-bond acceptors (Lipinski definition) is 4. The van der Waals surface area contributed by atoms with Crippen LogP contribution in [0.2, 0.25) is 0 Å². The second-order valence-electron chi connectivity index (χ2n) is 2.60. The Balaban J connectivity index is 4.09. The highest BCUT2D eigenvalue weighted by atomic mass is 16.6. The lowest BCUT2D eigenvalue weighted by Crippen LogP contribution is -2.31. The molecule has 2 N–H and O–H groups in total. The Kier molecular flexibility index (Phi) is 5.06. The summed E-state index contributed by atoms with van der Waals surface area (Å²) >= 11 is 0. The van der Waals surface area contributed by atoms with E-state index < -0.39 is 24.1 Å². The third kappa shape index (κ3) is 3.89. The van der Waals surface area contributed by atoms with E-state index in [-0.39, 0.29) is 12.8 Å². The smallest absolute Gasteiger partial charge is 0.345 e. The van der Waals surface area contributed by atoms with Crippen LogP contribution in [0, 0.1) is 0 Å². The van der Waals surface area contributed by atoms with E-state index in [0.717, 1.165) is 0 Å². The molecular weight excluding hydrogens is 176 g/mol. The van der Waals surface area contributed by atoms with Gasteiger partial charge in [-0.15, -0.1) is 0 Å². The highest BCUT2D eigenvalue weighted by Crippen LogP contribution is 2.02. The minimum absolute atomic E-state index is 0.192. The number of ether oxygens (including phenoxy) is 1. The van der Waals surface area contributed by atoms with E-state index in [1.807, 2.05) is 0 Å². The first-order valence-electron chi connectivity index (χ1n) is 4.14. The summed E-state index contributed by atoms with van der Waals surface area (Å²) in [6, 6.07) is 0. The van der Waals surface area contributed by atoms with E-state index in [9.17, 15) is 9.59 Å². The number of aliphatic hydroxyl groups is 1. The van der Waals surface area contributed by atoms with E-state index in [1.165, 1.54) is 0 Å². The summed E-state index contributed by atoms with van der Waals surface area (Å²) in [7, 11) is 0. The maximum absolute atomic E-state index is 10.9. The highest BCUT2D eigenvalue weighted by molar-refractivity contribution is 5.80. The number of esters is 1. The van der Waals surface area contributed by atoms with Crippen molar-refractivity contribution in [3.63, 3.8) is 0 Å². The molecule has 0 saturated heterocycles. The van der Waals surface area contributed by atoms with Gasteiger partial charge in [0.05, 0.1) is 0 Å².